The number of carbonyl (C=O) groups excluding carboxylic acids is 3. The highest BCUT2D eigenvalue weighted by atomic mass is 35.5. The fourth-order valence-corrected chi connectivity index (χ4v) is 4.00. The van der Waals surface area contributed by atoms with Crippen molar-refractivity contribution in [2.75, 3.05) is 44.6 Å². The number of benzene rings is 2. The van der Waals surface area contributed by atoms with Crippen molar-refractivity contribution in [3.63, 3.8) is 0 Å². The maximum atomic E-state index is 13.2. The highest BCUT2D eigenvalue weighted by molar-refractivity contribution is 6.34. The van der Waals surface area contributed by atoms with Crippen molar-refractivity contribution in [1.82, 2.24) is 14.7 Å². The number of amides is 4. The Balaban J connectivity index is 1.71. The number of para-hydroxylation sites is 1. The third-order valence-corrected chi connectivity index (χ3v) is 6.00. The van der Waals surface area contributed by atoms with Crippen LogP contribution >= 0.6 is 11.6 Å². The highest BCUT2D eigenvalue weighted by Gasteiger charge is 2.28. The van der Waals surface area contributed by atoms with Gasteiger partial charge in [0.25, 0.3) is 17.5 Å². The average Bonchev–Trinajstić information content (AvgIpc) is 2.84. The number of nitrogens with one attached hydrogen (secondary N) is 1. The lowest BCUT2D eigenvalue weighted by molar-refractivity contribution is -0.384. The van der Waals surface area contributed by atoms with Gasteiger partial charge in [0.05, 0.1) is 26.8 Å². The Hall–Kier alpha value is -3.66. The van der Waals surface area contributed by atoms with Crippen LogP contribution in [0.5, 0.6) is 0 Å². The van der Waals surface area contributed by atoms with Gasteiger partial charge in [0, 0.05) is 51.4 Å². The highest BCUT2D eigenvalue weighted by Crippen LogP contribution is 2.25. The van der Waals surface area contributed by atoms with Crippen LogP contribution in [0.25, 0.3) is 0 Å². The minimum Gasteiger partial charge on any atom is -0.335 e. The molecule has 1 aliphatic rings. The first-order valence-electron chi connectivity index (χ1n) is 10.9. The van der Waals surface area contributed by atoms with Crippen LogP contribution in [0, 0.1) is 10.1 Å². The van der Waals surface area contributed by atoms with E-state index in [-0.39, 0.29) is 28.2 Å². The van der Waals surface area contributed by atoms with E-state index in [4.69, 9.17) is 11.6 Å². The van der Waals surface area contributed by atoms with Crippen LogP contribution in [0.1, 0.15) is 34.6 Å². The third kappa shape index (κ3) is 5.45. The third-order valence-electron chi connectivity index (χ3n) is 5.69. The topological polar surface area (TPSA) is 116 Å². The SMILES string of the molecule is CCN(CC)C(=O)N1CCN(C(=O)c2ccccc2NC(=O)c2ccc([N+](=O)[O-])cc2Cl)CC1. The normalized spacial score (nSPS) is 13.4. The van der Waals surface area contributed by atoms with Gasteiger partial charge >= 0.3 is 6.03 Å². The predicted molar refractivity (Wildman–Crippen MR) is 128 cm³/mol. The first-order chi connectivity index (χ1) is 16.3. The number of carbonyl (C=O) groups is 3. The van der Waals surface area contributed by atoms with Crippen molar-refractivity contribution >= 4 is 40.8 Å². The second-order valence-electron chi connectivity index (χ2n) is 7.66. The molecule has 1 heterocycles. The van der Waals surface area contributed by atoms with Crippen LogP contribution in [0.3, 0.4) is 0 Å². The lowest BCUT2D eigenvalue weighted by atomic mass is 10.1. The quantitative estimate of drug-likeness (QED) is 0.492. The van der Waals surface area contributed by atoms with Crippen molar-refractivity contribution in [2.24, 2.45) is 0 Å². The molecule has 10 nitrogen and oxygen atoms in total. The summed E-state index contributed by atoms with van der Waals surface area (Å²) >= 11 is 6.06. The zero-order valence-corrected chi connectivity index (χ0v) is 19.7. The number of hydrogen-bond donors (Lipinski definition) is 1. The molecule has 1 saturated heterocycles. The Labute approximate surface area is 202 Å². The van der Waals surface area contributed by atoms with Crippen molar-refractivity contribution in [2.45, 2.75) is 13.8 Å². The van der Waals surface area contributed by atoms with Crippen LogP contribution in [-0.4, -0.2) is 76.7 Å². The number of hydrogen-bond acceptors (Lipinski definition) is 5. The van der Waals surface area contributed by atoms with Gasteiger partial charge in [0.1, 0.15) is 0 Å². The molecule has 34 heavy (non-hydrogen) atoms. The first kappa shape index (κ1) is 25.0. The van der Waals surface area contributed by atoms with Crippen LogP contribution in [0.4, 0.5) is 16.2 Å². The molecule has 3 rings (SSSR count). The van der Waals surface area contributed by atoms with Gasteiger partial charge in [-0.2, -0.15) is 0 Å². The molecule has 0 bridgehead atoms. The molecule has 180 valence electrons. The molecule has 2 aromatic carbocycles. The van der Waals surface area contributed by atoms with E-state index in [1.165, 1.54) is 12.1 Å². The van der Waals surface area contributed by atoms with Crippen LogP contribution in [0.15, 0.2) is 42.5 Å². The standard InChI is InChI=1S/C23H26ClN5O5/c1-3-26(4-2)23(32)28-13-11-27(12-14-28)22(31)18-7-5-6-8-20(18)25-21(30)17-10-9-16(29(33)34)15-19(17)24/h5-10,15H,3-4,11-14H2,1-2H3,(H,25,30). The van der Waals surface area contributed by atoms with Gasteiger partial charge in [-0.3, -0.25) is 19.7 Å². The van der Waals surface area contributed by atoms with Gasteiger partial charge in [-0.15, -0.1) is 0 Å². The first-order valence-corrected chi connectivity index (χ1v) is 11.3. The zero-order valence-electron chi connectivity index (χ0n) is 19.0. The summed E-state index contributed by atoms with van der Waals surface area (Å²) in [5, 5.41) is 13.5. The van der Waals surface area contributed by atoms with Gasteiger partial charge in [0.2, 0.25) is 0 Å². The molecule has 0 aromatic heterocycles. The number of halogens is 1. The smallest absolute Gasteiger partial charge is 0.320 e. The molecule has 0 spiro atoms. The second-order valence-corrected chi connectivity index (χ2v) is 8.06. The Morgan fingerprint density at radius 2 is 1.62 bits per heavy atom. The number of urea groups is 1. The van der Waals surface area contributed by atoms with Gasteiger partial charge in [-0.1, -0.05) is 23.7 Å². The summed E-state index contributed by atoms with van der Waals surface area (Å²) in [6.45, 7) is 6.71. The van der Waals surface area contributed by atoms with Gasteiger partial charge in [-0.25, -0.2) is 4.79 Å². The monoisotopic (exact) mass is 487 g/mol. The van der Waals surface area contributed by atoms with Crippen molar-refractivity contribution in [1.29, 1.82) is 0 Å². The van der Waals surface area contributed by atoms with E-state index in [1.807, 2.05) is 13.8 Å². The molecule has 1 N–H and O–H groups in total. The molecule has 0 saturated carbocycles. The summed E-state index contributed by atoms with van der Waals surface area (Å²) in [4.78, 5) is 54.0. The van der Waals surface area contributed by atoms with E-state index in [0.29, 0.717) is 50.5 Å². The molecule has 0 aliphatic carbocycles. The molecule has 2 aromatic rings. The Kier molecular flexibility index (Phi) is 8.06. The van der Waals surface area contributed by atoms with E-state index in [2.05, 4.69) is 5.32 Å². The molecule has 0 radical (unpaired) electrons. The summed E-state index contributed by atoms with van der Waals surface area (Å²) in [5.41, 5.74) is 0.430. The maximum Gasteiger partial charge on any atom is 0.320 e. The minimum absolute atomic E-state index is 0.0373. The summed E-state index contributed by atoms with van der Waals surface area (Å²) in [5.74, 6) is -0.851. The van der Waals surface area contributed by atoms with Crippen LogP contribution < -0.4 is 5.32 Å². The van der Waals surface area contributed by atoms with Crippen molar-refractivity contribution in [3.05, 3.63) is 68.7 Å². The molecule has 0 unspecified atom stereocenters. The number of nitro groups is 1. The summed E-state index contributed by atoms with van der Waals surface area (Å²) in [7, 11) is 0. The number of nitrogens with zero attached hydrogens (tertiary/aromatic N) is 4. The number of rotatable bonds is 6. The average molecular weight is 488 g/mol. The lowest BCUT2D eigenvalue weighted by Gasteiger charge is -2.37. The summed E-state index contributed by atoms with van der Waals surface area (Å²) in [6, 6.07) is 10.1. The fraction of sp³-hybridized carbons (Fsp3) is 0.348. The van der Waals surface area contributed by atoms with Crippen molar-refractivity contribution < 1.29 is 19.3 Å². The molecule has 1 aliphatic heterocycles. The Morgan fingerprint density at radius 3 is 2.21 bits per heavy atom. The predicted octanol–water partition coefficient (Wildman–Crippen LogP) is 3.72. The van der Waals surface area contributed by atoms with E-state index in [0.717, 1.165) is 6.07 Å². The summed E-state index contributed by atoms with van der Waals surface area (Å²) < 4.78 is 0. The van der Waals surface area contributed by atoms with E-state index in [9.17, 15) is 24.5 Å². The van der Waals surface area contributed by atoms with Gasteiger partial charge in [0.15, 0.2) is 0 Å². The lowest BCUT2D eigenvalue weighted by Crippen LogP contribution is -2.54. The van der Waals surface area contributed by atoms with Gasteiger partial charge in [-0.05, 0) is 32.0 Å². The Morgan fingerprint density at radius 1 is 1.00 bits per heavy atom. The number of nitro benzene ring substituents is 1. The number of piperazine rings is 1. The number of non-ortho nitro benzene ring substituents is 1. The molecule has 11 heteroatoms. The van der Waals surface area contributed by atoms with Gasteiger partial charge < -0.3 is 20.0 Å². The van der Waals surface area contributed by atoms with E-state index < -0.39 is 10.8 Å². The number of anilines is 1. The molecule has 0 atom stereocenters. The maximum absolute atomic E-state index is 13.2. The largest absolute Gasteiger partial charge is 0.335 e. The summed E-state index contributed by atoms with van der Waals surface area (Å²) in [6.07, 6.45) is 0. The molecule has 4 amide bonds. The molecule has 1 fully saturated rings. The van der Waals surface area contributed by atoms with Crippen LogP contribution in [-0.2, 0) is 0 Å². The molecular formula is C23H26ClN5O5. The molecular weight excluding hydrogens is 462 g/mol. The van der Waals surface area contributed by atoms with Crippen LogP contribution in [0.2, 0.25) is 5.02 Å². The fourth-order valence-electron chi connectivity index (χ4n) is 3.74. The van der Waals surface area contributed by atoms with E-state index in [1.54, 1.807) is 39.0 Å². The van der Waals surface area contributed by atoms with E-state index >= 15 is 0 Å². The minimum atomic E-state index is -0.600. The zero-order chi connectivity index (χ0) is 24.8. The van der Waals surface area contributed by atoms with Crippen molar-refractivity contribution in [3.8, 4) is 0 Å². The Bertz CT molecular complexity index is 1100. The second kappa shape index (κ2) is 11.0.